The summed E-state index contributed by atoms with van der Waals surface area (Å²) in [6.45, 7) is 0. The highest BCUT2D eigenvalue weighted by Crippen LogP contribution is 2.42. The number of hydrogen-bond donors (Lipinski definition) is 1. The minimum Gasteiger partial charge on any atom is -0.507 e. The summed E-state index contributed by atoms with van der Waals surface area (Å²) in [6, 6.07) is 3.64. The van der Waals surface area contributed by atoms with Crippen LogP contribution in [0, 0.1) is 11.7 Å². The SMILES string of the molecule is COC(c1noc(-c2ccc(F)cc2O)n1)C1CC1. The molecular weight excluding hydrogens is 251 g/mol. The second-order valence-electron chi connectivity index (χ2n) is 4.61. The number of benzene rings is 1. The molecule has 5 nitrogen and oxygen atoms in total. The summed E-state index contributed by atoms with van der Waals surface area (Å²) in [7, 11) is 1.61. The van der Waals surface area contributed by atoms with E-state index in [9.17, 15) is 9.50 Å². The van der Waals surface area contributed by atoms with Crippen LogP contribution in [0.15, 0.2) is 22.7 Å². The molecule has 0 saturated heterocycles. The lowest BCUT2D eigenvalue weighted by molar-refractivity contribution is 0.0751. The van der Waals surface area contributed by atoms with Crippen LogP contribution in [0.1, 0.15) is 24.8 Å². The zero-order chi connectivity index (χ0) is 13.4. The normalized spacial score (nSPS) is 16.5. The number of rotatable bonds is 4. The highest BCUT2D eigenvalue weighted by molar-refractivity contribution is 5.61. The Bertz CT molecular complexity index is 595. The van der Waals surface area contributed by atoms with Crippen molar-refractivity contribution in [2.75, 3.05) is 7.11 Å². The van der Waals surface area contributed by atoms with E-state index in [4.69, 9.17) is 9.26 Å². The molecule has 1 atom stereocenters. The molecule has 0 radical (unpaired) electrons. The third kappa shape index (κ3) is 2.31. The van der Waals surface area contributed by atoms with Gasteiger partial charge in [-0.2, -0.15) is 4.98 Å². The van der Waals surface area contributed by atoms with E-state index in [1.807, 2.05) is 0 Å². The maximum Gasteiger partial charge on any atom is 0.261 e. The molecular formula is C13H13FN2O3. The van der Waals surface area contributed by atoms with Crippen LogP contribution in [0.3, 0.4) is 0 Å². The summed E-state index contributed by atoms with van der Waals surface area (Å²) in [5, 5.41) is 13.5. The van der Waals surface area contributed by atoms with E-state index < -0.39 is 5.82 Å². The van der Waals surface area contributed by atoms with Gasteiger partial charge in [-0.25, -0.2) is 4.39 Å². The maximum absolute atomic E-state index is 12.9. The molecule has 0 amide bonds. The zero-order valence-corrected chi connectivity index (χ0v) is 10.3. The number of ether oxygens (including phenoxy) is 1. The summed E-state index contributed by atoms with van der Waals surface area (Å²) >= 11 is 0. The van der Waals surface area contributed by atoms with Crippen LogP contribution >= 0.6 is 0 Å². The molecule has 1 heterocycles. The Hall–Kier alpha value is -1.95. The second-order valence-corrected chi connectivity index (χ2v) is 4.61. The summed E-state index contributed by atoms with van der Waals surface area (Å²) < 4.78 is 23.4. The zero-order valence-electron chi connectivity index (χ0n) is 10.3. The van der Waals surface area contributed by atoms with Gasteiger partial charge in [0.15, 0.2) is 0 Å². The molecule has 3 rings (SSSR count). The summed E-state index contributed by atoms with van der Waals surface area (Å²) in [5.74, 6) is 0.306. The van der Waals surface area contributed by atoms with Crippen molar-refractivity contribution in [2.45, 2.75) is 18.9 Å². The Labute approximate surface area is 109 Å². The number of methoxy groups -OCH3 is 1. The number of hydrogen-bond acceptors (Lipinski definition) is 5. The minimum absolute atomic E-state index is 0.162. The van der Waals surface area contributed by atoms with Crippen molar-refractivity contribution in [1.82, 2.24) is 10.1 Å². The van der Waals surface area contributed by atoms with E-state index in [0.717, 1.165) is 18.9 Å². The van der Waals surface area contributed by atoms with E-state index in [1.54, 1.807) is 7.11 Å². The first-order valence-corrected chi connectivity index (χ1v) is 6.04. The number of aromatic nitrogens is 2. The van der Waals surface area contributed by atoms with Gasteiger partial charge in [0.1, 0.15) is 17.7 Å². The Morgan fingerprint density at radius 1 is 1.47 bits per heavy atom. The van der Waals surface area contributed by atoms with Gasteiger partial charge in [-0.15, -0.1) is 0 Å². The largest absolute Gasteiger partial charge is 0.507 e. The highest BCUT2D eigenvalue weighted by Gasteiger charge is 2.35. The number of halogens is 1. The average Bonchev–Trinajstić information content (AvgIpc) is 3.09. The fourth-order valence-electron chi connectivity index (χ4n) is 2.05. The lowest BCUT2D eigenvalue weighted by Crippen LogP contribution is -2.05. The van der Waals surface area contributed by atoms with Gasteiger partial charge in [0.25, 0.3) is 5.89 Å². The molecule has 1 N–H and O–H groups in total. The first-order valence-electron chi connectivity index (χ1n) is 6.04. The predicted octanol–water partition coefficient (Wildman–Crippen LogP) is 2.68. The van der Waals surface area contributed by atoms with Crippen molar-refractivity contribution in [3.63, 3.8) is 0 Å². The second kappa shape index (κ2) is 4.62. The molecule has 1 aliphatic carbocycles. The van der Waals surface area contributed by atoms with Crippen LogP contribution in [0.4, 0.5) is 4.39 Å². The number of aromatic hydroxyl groups is 1. The molecule has 1 aliphatic rings. The van der Waals surface area contributed by atoms with Gasteiger partial charge in [-0.1, -0.05) is 5.16 Å². The van der Waals surface area contributed by atoms with Crippen LogP contribution in [0.2, 0.25) is 0 Å². The third-order valence-corrected chi connectivity index (χ3v) is 3.19. The van der Waals surface area contributed by atoms with Gasteiger partial charge in [0.2, 0.25) is 5.82 Å². The standard InChI is InChI=1S/C13H13FN2O3/c1-18-11(7-2-3-7)12-15-13(19-16-12)9-5-4-8(14)6-10(9)17/h4-7,11,17H,2-3H2,1H3. The Morgan fingerprint density at radius 2 is 2.26 bits per heavy atom. The monoisotopic (exact) mass is 264 g/mol. The maximum atomic E-state index is 12.9. The van der Waals surface area contributed by atoms with Gasteiger partial charge in [0.05, 0.1) is 5.56 Å². The lowest BCUT2D eigenvalue weighted by atomic mass is 10.2. The van der Waals surface area contributed by atoms with Crippen molar-refractivity contribution >= 4 is 0 Å². The minimum atomic E-state index is -0.520. The topological polar surface area (TPSA) is 68.4 Å². The first kappa shape index (κ1) is 12.1. The smallest absolute Gasteiger partial charge is 0.261 e. The summed E-state index contributed by atoms with van der Waals surface area (Å²) in [6.07, 6.45) is 1.99. The number of phenols is 1. The van der Waals surface area contributed by atoms with Crippen LogP contribution in [-0.4, -0.2) is 22.4 Å². The van der Waals surface area contributed by atoms with Gasteiger partial charge in [-0.05, 0) is 30.9 Å². The fourth-order valence-corrected chi connectivity index (χ4v) is 2.05. The van der Waals surface area contributed by atoms with Crippen LogP contribution in [0.5, 0.6) is 5.75 Å². The van der Waals surface area contributed by atoms with Crippen molar-refractivity contribution in [3.05, 3.63) is 29.8 Å². The Kier molecular flexibility index (Phi) is 2.94. The van der Waals surface area contributed by atoms with Crippen LogP contribution in [-0.2, 0) is 4.74 Å². The molecule has 0 bridgehead atoms. The molecule has 6 heteroatoms. The lowest BCUT2D eigenvalue weighted by Gasteiger charge is -2.08. The fraction of sp³-hybridized carbons (Fsp3) is 0.385. The van der Waals surface area contributed by atoms with E-state index in [-0.39, 0.29) is 17.7 Å². The first-order chi connectivity index (χ1) is 9.19. The molecule has 2 aromatic rings. The van der Waals surface area contributed by atoms with Gasteiger partial charge >= 0.3 is 0 Å². The van der Waals surface area contributed by atoms with E-state index in [0.29, 0.717) is 17.3 Å². The summed E-state index contributed by atoms with van der Waals surface area (Å²) in [4.78, 5) is 4.22. The third-order valence-electron chi connectivity index (χ3n) is 3.19. The Morgan fingerprint density at radius 3 is 2.89 bits per heavy atom. The molecule has 1 aromatic heterocycles. The molecule has 1 unspecified atom stereocenters. The van der Waals surface area contributed by atoms with Crippen LogP contribution in [0.25, 0.3) is 11.5 Å². The van der Waals surface area contributed by atoms with Crippen molar-refractivity contribution in [3.8, 4) is 17.2 Å². The van der Waals surface area contributed by atoms with Crippen LogP contribution < -0.4 is 0 Å². The number of nitrogens with zero attached hydrogens (tertiary/aromatic N) is 2. The highest BCUT2D eigenvalue weighted by atomic mass is 19.1. The van der Waals surface area contributed by atoms with Crippen molar-refractivity contribution in [2.24, 2.45) is 5.92 Å². The van der Waals surface area contributed by atoms with Crippen molar-refractivity contribution in [1.29, 1.82) is 0 Å². The average molecular weight is 264 g/mol. The molecule has 1 fully saturated rings. The van der Waals surface area contributed by atoms with E-state index >= 15 is 0 Å². The molecule has 1 aromatic carbocycles. The Balaban J connectivity index is 1.91. The molecule has 19 heavy (non-hydrogen) atoms. The van der Waals surface area contributed by atoms with Gasteiger partial charge < -0.3 is 14.4 Å². The molecule has 1 saturated carbocycles. The molecule has 100 valence electrons. The van der Waals surface area contributed by atoms with E-state index in [2.05, 4.69) is 10.1 Å². The van der Waals surface area contributed by atoms with Crippen molar-refractivity contribution < 1.29 is 18.8 Å². The number of phenolic OH excluding ortho intramolecular Hbond substituents is 1. The van der Waals surface area contributed by atoms with Gasteiger partial charge in [-0.3, -0.25) is 0 Å². The van der Waals surface area contributed by atoms with Gasteiger partial charge in [0, 0.05) is 13.2 Å². The predicted molar refractivity (Wildman–Crippen MR) is 63.8 cm³/mol. The quantitative estimate of drug-likeness (QED) is 0.919. The molecule has 0 spiro atoms. The van der Waals surface area contributed by atoms with E-state index in [1.165, 1.54) is 12.1 Å². The molecule has 0 aliphatic heterocycles. The summed E-state index contributed by atoms with van der Waals surface area (Å²) in [5.41, 5.74) is 0.311.